The maximum Gasteiger partial charge on any atom is 0.316 e. The molecule has 2 saturated heterocycles. The lowest BCUT2D eigenvalue weighted by Gasteiger charge is -2.65. The molecule has 3 heterocycles. The number of fused-ring (bicyclic) bond motifs is 2. The van der Waals surface area contributed by atoms with Crippen LogP contribution in [0, 0.1) is 11.3 Å². The summed E-state index contributed by atoms with van der Waals surface area (Å²) in [6.07, 6.45) is 3.26. The van der Waals surface area contributed by atoms with Crippen molar-refractivity contribution < 1.29 is 19.4 Å². The van der Waals surface area contributed by atoms with Crippen LogP contribution >= 0.6 is 0 Å². The molecule has 0 aromatic heterocycles. The molecule has 5 atom stereocenters. The second-order valence-electron chi connectivity index (χ2n) is 8.28. The Morgan fingerprint density at radius 3 is 2.86 bits per heavy atom. The van der Waals surface area contributed by atoms with Crippen molar-refractivity contribution in [1.82, 2.24) is 4.90 Å². The molecule has 1 aromatic carbocycles. The molecule has 0 spiro atoms. The molecule has 1 aromatic rings. The van der Waals surface area contributed by atoms with Crippen molar-refractivity contribution in [3.8, 4) is 0 Å². The normalized spacial score (nSPS) is 39.5. The van der Waals surface area contributed by atoms with E-state index < -0.39 is 10.8 Å². The van der Waals surface area contributed by atoms with Crippen molar-refractivity contribution in [3.63, 3.8) is 0 Å². The van der Waals surface area contributed by atoms with E-state index in [1.807, 2.05) is 25.1 Å². The van der Waals surface area contributed by atoms with Crippen LogP contribution in [0.2, 0.25) is 0 Å². The third kappa shape index (κ3) is 1.80. The summed E-state index contributed by atoms with van der Waals surface area (Å²) in [5.41, 5.74) is 2.25. The number of para-hydroxylation sites is 1. The molecule has 1 aliphatic carbocycles. The molecule has 148 valence electrons. The first-order valence-electron chi connectivity index (χ1n) is 9.90. The van der Waals surface area contributed by atoms with E-state index in [-0.39, 0.29) is 30.8 Å². The minimum absolute atomic E-state index is 0.0842. The van der Waals surface area contributed by atoms with E-state index in [1.165, 1.54) is 12.7 Å². The van der Waals surface area contributed by atoms with Crippen LogP contribution in [0.3, 0.4) is 0 Å². The lowest BCUT2D eigenvalue weighted by molar-refractivity contribution is -0.182. The molecular formula is C22H26N2O4. The minimum Gasteiger partial charge on any atom is -0.468 e. The maximum atomic E-state index is 13.5. The van der Waals surface area contributed by atoms with Crippen molar-refractivity contribution in [1.29, 1.82) is 0 Å². The van der Waals surface area contributed by atoms with E-state index in [0.29, 0.717) is 13.0 Å². The number of ether oxygens (including phenoxy) is 2. The fourth-order valence-electron chi connectivity index (χ4n) is 6.55. The second kappa shape index (κ2) is 5.99. The van der Waals surface area contributed by atoms with Crippen molar-refractivity contribution in [2.24, 2.45) is 16.3 Å². The number of nitrogens with zero attached hydrogens (tertiary/aromatic N) is 2. The molecule has 3 fully saturated rings. The van der Waals surface area contributed by atoms with Gasteiger partial charge in [-0.2, -0.15) is 0 Å². The smallest absolute Gasteiger partial charge is 0.316 e. The predicted molar refractivity (Wildman–Crippen MR) is 105 cm³/mol. The predicted octanol–water partition coefficient (Wildman–Crippen LogP) is 2.19. The van der Waals surface area contributed by atoms with E-state index in [9.17, 15) is 9.90 Å². The van der Waals surface area contributed by atoms with Gasteiger partial charge in [0.05, 0.1) is 30.9 Å². The van der Waals surface area contributed by atoms with Gasteiger partial charge in [-0.05, 0) is 25.0 Å². The maximum absolute atomic E-state index is 13.5. The minimum atomic E-state index is -1.10. The van der Waals surface area contributed by atoms with Gasteiger partial charge in [0, 0.05) is 31.7 Å². The number of esters is 1. The van der Waals surface area contributed by atoms with Gasteiger partial charge in [-0.1, -0.05) is 29.8 Å². The molecule has 1 saturated carbocycles. The highest BCUT2D eigenvalue weighted by Gasteiger charge is 2.74. The number of carbonyl (C=O) groups is 1. The molecule has 5 unspecified atom stereocenters. The Bertz CT molecular complexity index is 910. The molecular weight excluding hydrogens is 356 g/mol. The zero-order chi connectivity index (χ0) is 19.7. The van der Waals surface area contributed by atoms with Gasteiger partial charge < -0.3 is 14.6 Å². The SMILES string of the molecule is CC=C1CN2C(OC)CC34C(=Nc5ccccc53)C2CC1C4(CO)C(=O)OC. The van der Waals surface area contributed by atoms with Gasteiger partial charge >= 0.3 is 5.97 Å². The molecule has 3 bridgehead atoms. The summed E-state index contributed by atoms with van der Waals surface area (Å²) in [6, 6.07) is 8.11. The Kier molecular flexibility index (Phi) is 3.86. The van der Waals surface area contributed by atoms with Crippen LogP contribution in [0.5, 0.6) is 0 Å². The number of methoxy groups -OCH3 is 2. The van der Waals surface area contributed by atoms with Crippen molar-refractivity contribution in [3.05, 3.63) is 41.5 Å². The highest BCUT2D eigenvalue weighted by Crippen LogP contribution is 2.66. The van der Waals surface area contributed by atoms with Gasteiger partial charge in [0.1, 0.15) is 11.6 Å². The highest BCUT2D eigenvalue weighted by atomic mass is 16.5. The Labute approximate surface area is 164 Å². The molecule has 5 rings (SSSR count). The van der Waals surface area contributed by atoms with Gasteiger partial charge in [-0.25, -0.2) is 0 Å². The largest absolute Gasteiger partial charge is 0.468 e. The number of aliphatic imine (C=N–C) groups is 1. The fourth-order valence-corrected chi connectivity index (χ4v) is 6.55. The number of hydrogen-bond donors (Lipinski definition) is 1. The van der Waals surface area contributed by atoms with E-state index in [0.717, 1.165) is 23.4 Å². The summed E-state index contributed by atoms with van der Waals surface area (Å²) in [5.74, 6) is -0.438. The van der Waals surface area contributed by atoms with Gasteiger partial charge in [0.25, 0.3) is 0 Å². The second-order valence-corrected chi connectivity index (χ2v) is 8.28. The lowest BCUT2D eigenvalue weighted by Crippen LogP contribution is -2.77. The number of aliphatic hydroxyl groups is 1. The highest BCUT2D eigenvalue weighted by molar-refractivity contribution is 6.11. The van der Waals surface area contributed by atoms with Gasteiger partial charge in [-0.3, -0.25) is 14.7 Å². The summed E-state index contributed by atoms with van der Waals surface area (Å²) >= 11 is 0. The Hall–Kier alpha value is -2.02. The number of allylic oxidation sites excluding steroid dienone is 1. The van der Waals surface area contributed by atoms with Crippen LogP contribution in [0.25, 0.3) is 0 Å². The van der Waals surface area contributed by atoms with Gasteiger partial charge in [0.15, 0.2) is 0 Å². The van der Waals surface area contributed by atoms with Crippen molar-refractivity contribution >= 4 is 17.4 Å². The van der Waals surface area contributed by atoms with Crippen LogP contribution in [0.1, 0.15) is 25.3 Å². The summed E-state index contributed by atoms with van der Waals surface area (Å²) in [5, 5.41) is 10.9. The quantitative estimate of drug-likeness (QED) is 0.641. The van der Waals surface area contributed by atoms with Gasteiger partial charge in [-0.15, -0.1) is 0 Å². The molecule has 4 aliphatic rings. The first kappa shape index (κ1) is 18.0. The van der Waals surface area contributed by atoms with Crippen LogP contribution in [0.4, 0.5) is 5.69 Å². The number of hydrogen-bond acceptors (Lipinski definition) is 6. The summed E-state index contributed by atoms with van der Waals surface area (Å²) < 4.78 is 11.3. The summed E-state index contributed by atoms with van der Waals surface area (Å²) in [7, 11) is 3.14. The summed E-state index contributed by atoms with van der Waals surface area (Å²) in [4.78, 5) is 20.9. The van der Waals surface area contributed by atoms with E-state index in [4.69, 9.17) is 14.5 Å². The third-order valence-electron chi connectivity index (χ3n) is 7.68. The first-order valence-corrected chi connectivity index (χ1v) is 9.90. The zero-order valence-electron chi connectivity index (χ0n) is 16.5. The number of carbonyl (C=O) groups excluding carboxylic acids is 1. The van der Waals surface area contributed by atoms with Crippen molar-refractivity contribution in [2.45, 2.75) is 37.5 Å². The average molecular weight is 382 g/mol. The van der Waals surface area contributed by atoms with E-state index >= 15 is 0 Å². The molecule has 6 heteroatoms. The number of piperidine rings is 2. The van der Waals surface area contributed by atoms with Crippen LogP contribution in [0.15, 0.2) is 40.9 Å². The summed E-state index contributed by atoms with van der Waals surface area (Å²) in [6.45, 7) is 2.45. The molecule has 3 aliphatic heterocycles. The fraction of sp³-hybridized carbons (Fsp3) is 0.545. The van der Waals surface area contributed by atoms with E-state index in [2.05, 4.69) is 17.0 Å². The molecule has 0 amide bonds. The first-order chi connectivity index (χ1) is 13.6. The van der Waals surface area contributed by atoms with Crippen LogP contribution < -0.4 is 0 Å². The molecule has 28 heavy (non-hydrogen) atoms. The standard InChI is InChI=1S/C22H26N2O4/c1-4-13-11-24-17-9-15(13)22(12-25,20(26)28-3)21(10-18(24)27-2)14-7-5-6-8-16(14)23-19(17)21/h4-8,15,17-18,25H,9-12H2,1-3H3. The number of rotatable bonds is 3. The van der Waals surface area contributed by atoms with Gasteiger partial charge in [0.2, 0.25) is 0 Å². The van der Waals surface area contributed by atoms with Crippen LogP contribution in [-0.4, -0.2) is 61.3 Å². The molecule has 1 N–H and O–H groups in total. The Balaban J connectivity index is 1.88. The number of benzene rings is 1. The zero-order valence-corrected chi connectivity index (χ0v) is 16.5. The Morgan fingerprint density at radius 1 is 1.39 bits per heavy atom. The third-order valence-corrected chi connectivity index (χ3v) is 7.68. The van der Waals surface area contributed by atoms with Crippen LogP contribution in [-0.2, 0) is 19.7 Å². The Morgan fingerprint density at radius 2 is 2.18 bits per heavy atom. The molecule has 6 nitrogen and oxygen atoms in total. The molecule has 0 radical (unpaired) electrons. The number of aliphatic hydroxyl groups excluding tert-OH is 1. The average Bonchev–Trinajstić information content (AvgIpc) is 3.09. The topological polar surface area (TPSA) is 71.4 Å². The lowest BCUT2D eigenvalue weighted by atomic mass is 9.43. The van der Waals surface area contributed by atoms with Crippen molar-refractivity contribution in [2.75, 3.05) is 27.4 Å². The van der Waals surface area contributed by atoms with E-state index in [1.54, 1.807) is 7.11 Å². The monoisotopic (exact) mass is 382 g/mol.